The topological polar surface area (TPSA) is 62.6 Å². The van der Waals surface area contributed by atoms with Crippen molar-refractivity contribution in [2.24, 2.45) is 7.05 Å². The molecule has 1 heterocycles. The van der Waals surface area contributed by atoms with E-state index in [4.69, 9.17) is 14.2 Å². The molecule has 6 nitrogen and oxygen atoms in total. The summed E-state index contributed by atoms with van der Waals surface area (Å²) in [6, 6.07) is 5.14. The Labute approximate surface area is 128 Å². The zero-order chi connectivity index (χ0) is 16.1. The lowest BCUT2D eigenvalue weighted by atomic mass is 10.1. The Bertz CT molecular complexity index is 704. The predicted molar refractivity (Wildman–Crippen MR) is 82.7 cm³/mol. The van der Waals surface area contributed by atoms with E-state index in [1.807, 2.05) is 0 Å². The summed E-state index contributed by atoms with van der Waals surface area (Å²) in [6.45, 7) is 0. The Hall–Kier alpha value is -2.76. The third kappa shape index (κ3) is 3.11. The number of hydrogen-bond donors (Lipinski definition) is 0. The number of ether oxygens (including phenoxy) is 3. The molecule has 0 atom stereocenters. The lowest BCUT2D eigenvalue weighted by molar-refractivity contribution is 0.103. The molecule has 116 valence electrons. The van der Waals surface area contributed by atoms with Crippen LogP contribution in [0.3, 0.4) is 0 Å². The van der Waals surface area contributed by atoms with Crippen LogP contribution < -0.4 is 14.2 Å². The number of rotatable bonds is 6. The number of carbonyl (C=O) groups is 1. The van der Waals surface area contributed by atoms with E-state index in [9.17, 15) is 4.79 Å². The van der Waals surface area contributed by atoms with E-state index in [2.05, 4.69) is 5.10 Å². The quantitative estimate of drug-likeness (QED) is 0.605. The van der Waals surface area contributed by atoms with Crippen LogP contribution >= 0.6 is 0 Å². The standard InChI is InChI=1S/C16H18N2O4/c1-18-12(7-8-17-18)13(19)6-5-11-9-15(21-3)16(22-4)10-14(11)20-2/h5-10H,1-4H3/b6-5+. The first-order chi connectivity index (χ1) is 10.6. The van der Waals surface area contributed by atoms with Gasteiger partial charge in [0.25, 0.3) is 0 Å². The van der Waals surface area contributed by atoms with Crippen LogP contribution in [-0.4, -0.2) is 36.9 Å². The van der Waals surface area contributed by atoms with Gasteiger partial charge in [-0.15, -0.1) is 0 Å². The molecule has 0 N–H and O–H groups in total. The second-order valence-electron chi connectivity index (χ2n) is 4.49. The van der Waals surface area contributed by atoms with Gasteiger partial charge < -0.3 is 14.2 Å². The maximum atomic E-state index is 12.1. The zero-order valence-corrected chi connectivity index (χ0v) is 13.0. The Morgan fingerprint density at radius 2 is 1.73 bits per heavy atom. The van der Waals surface area contributed by atoms with E-state index in [1.165, 1.54) is 10.8 Å². The van der Waals surface area contributed by atoms with E-state index < -0.39 is 0 Å². The molecule has 0 amide bonds. The van der Waals surface area contributed by atoms with Gasteiger partial charge in [0.1, 0.15) is 11.4 Å². The van der Waals surface area contributed by atoms with Crippen LogP contribution in [0.4, 0.5) is 0 Å². The van der Waals surface area contributed by atoms with Gasteiger partial charge in [0.2, 0.25) is 5.78 Å². The number of methoxy groups -OCH3 is 3. The molecule has 0 aliphatic heterocycles. The molecule has 2 aromatic rings. The Morgan fingerprint density at radius 3 is 2.27 bits per heavy atom. The average molecular weight is 302 g/mol. The number of aromatic nitrogens is 2. The molecule has 0 bridgehead atoms. The fraction of sp³-hybridized carbons (Fsp3) is 0.250. The largest absolute Gasteiger partial charge is 0.496 e. The summed E-state index contributed by atoms with van der Waals surface area (Å²) in [5.41, 5.74) is 1.23. The summed E-state index contributed by atoms with van der Waals surface area (Å²) in [6.07, 6.45) is 4.73. The Balaban J connectivity index is 2.34. The second kappa shape index (κ2) is 6.80. The third-order valence-corrected chi connectivity index (χ3v) is 3.22. The van der Waals surface area contributed by atoms with Crippen molar-refractivity contribution in [3.8, 4) is 17.2 Å². The molecule has 0 fully saturated rings. The van der Waals surface area contributed by atoms with E-state index in [1.54, 1.807) is 58.8 Å². The van der Waals surface area contributed by atoms with Gasteiger partial charge in [0.15, 0.2) is 11.5 Å². The van der Waals surface area contributed by atoms with Gasteiger partial charge in [-0.1, -0.05) is 0 Å². The number of nitrogens with zero attached hydrogens (tertiary/aromatic N) is 2. The van der Waals surface area contributed by atoms with Gasteiger partial charge in [0, 0.05) is 24.9 Å². The minimum atomic E-state index is -0.142. The molecule has 0 aliphatic carbocycles. The number of carbonyl (C=O) groups excluding carboxylic acids is 1. The summed E-state index contributed by atoms with van der Waals surface area (Å²) >= 11 is 0. The van der Waals surface area contributed by atoms with Gasteiger partial charge in [-0.05, 0) is 24.3 Å². The third-order valence-electron chi connectivity index (χ3n) is 3.22. The van der Waals surface area contributed by atoms with Crippen LogP contribution in [0.1, 0.15) is 16.1 Å². The first kappa shape index (κ1) is 15.6. The minimum absolute atomic E-state index is 0.142. The van der Waals surface area contributed by atoms with Gasteiger partial charge in [-0.3, -0.25) is 9.48 Å². The minimum Gasteiger partial charge on any atom is -0.496 e. The van der Waals surface area contributed by atoms with Crippen LogP contribution in [0.2, 0.25) is 0 Å². The fourth-order valence-electron chi connectivity index (χ4n) is 2.05. The summed E-state index contributed by atoms with van der Waals surface area (Å²) in [4.78, 5) is 12.1. The van der Waals surface area contributed by atoms with E-state index in [0.29, 0.717) is 22.9 Å². The first-order valence-electron chi connectivity index (χ1n) is 6.61. The van der Waals surface area contributed by atoms with Crippen molar-refractivity contribution < 1.29 is 19.0 Å². The summed E-state index contributed by atoms with van der Waals surface area (Å²) in [5, 5.41) is 3.98. The summed E-state index contributed by atoms with van der Waals surface area (Å²) in [7, 11) is 6.39. The van der Waals surface area contributed by atoms with Crippen LogP contribution in [0.5, 0.6) is 17.2 Å². The molecule has 6 heteroatoms. The van der Waals surface area contributed by atoms with Gasteiger partial charge >= 0.3 is 0 Å². The number of allylic oxidation sites excluding steroid dienone is 1. The maximum absolute atomic E-state index is 12.1. The smallest absolute Gasteiger partial charge is 0.203 e. The van der Waals surface area contributed by atoms with E-state index in [-0.39, 0.29) is 5.78 Å². The molecule has 0 saturated heterocycles. The van der Waals surface area contributed by atoms with Crippen molar-refractivity contribution in [3.05, 3.63) is 41.7 Å². The molecule has 2 rings (SSSR count). The first-order valence-corrected chi connectivity index (χ1v) is 6.61. The molecule has 1 aromatic carbocycles. The molecular weight excluding hydrogens is 284 g/mol. The van der Waals surface area contributed by atoms with Crippen molar-refractivity contribution in [1.82, 2.24) is 9.78 Å². The van der Waals surface area contributed by atoms with Crippen molar-refractivity contribution in [3.63, 3.8) is 0 Å². The van der Waals surface area contributed by atoms with Crippen molar-refractivity contribution >= 4 is 11.9 Å². The molecule has 0 aliphatic rings. The molecule has 1 aromatic heterocycles. The van der Waals surface area contributed by atoms with Crippen LogP contribution in [0.25, 0.3) is 6.08 Å². The van der Waals surface area contributed by atoms with Gasteiger partial charge in [0.05, 0.1) is 21.3 Å². The van der Waals surface area contributed by atoms with Crippen molar-refractivity contribution in [1.29, 1.82) is 0 Å². The van der Waals surface area contributed by atoms with E-state index >= 15 is 0 Å². The lowest BCUT2D eigenvalue weighted by Crippen LogP contribution is -2.03. The molecule has 0 spiro atoms. The number of hydrogen-bond acceptors (Lipinski definition) is 5. The summed E-state index contributed by atoms with van der Waals surface area (Å²) in [5.74, 6) is 1.58. The molecule has 0 saturated carbocycles. The predicted octanol–water partition coefficient (Wildman–Crippen LogP) is 2.34. The lowest BCUT2D eigenvalue weighted by Gasteiger charge is -2.12. The number of benzene rings is 1. The maximum Gasteiger partial charge on any atom is 0.203 e. The molecule has 22 heavy (non-hydrogen) atoms. The highest BCUT2D eigenvalue weighted by atomic mass is 16.5. The van der Waals surface area contributed by atoms with Crippen molar-refractivity contribution in [2.45, 2.75) is 0 Å². The highest BCUT2D eigenvalue weighted by Crippen LogP contribution is 2.35. The monoisotopic (exact) mass is 302 g/mol. The second-order valence-corrected chi connectivity index (χ2v) is 4.49. The molecule has 0 radical (unpaired) electrons. The van der Waals surface area contributed by atoms with E-state index in [0.717, 1.165) is 5.56 Å². The van der Waals surface area contributed by atoms with Crippen LogP contribution in [0.15, 0.2) is 30.5 Å². The highest BCUT2D eigenvalue weighted by Gasteiger charge is 2.11. The number of ketones is 1. The van der Waals surface area contributed by atoms with Gasteiger partial charge in [-0.2, -0.15) is 5.10 Å². The zero-order valence-electron chi connectivity index (χ0n) is 13.0. The molecular formula is C16H18N2O4. The van der Waals surface area contributed by atoms with Crippen molar-refractivity contribution in [2.75, 3.05) is 21.3 Å². The number of aryl methyl sites for hydroxylation is 1. The Morgan fingerprint density at radius 1 is 1.09 bits per heavy atom. The normalized spacial score (nSPS) is 10.7. The fourth-order valence-corrected chi connectivity index (χ4v) is 2.05. The van der Waals surface area contributed by atoms with Crippen LogP contribution in [-0.2, 0) is 7.05 Å². The highest BCUT2D eigenvalue weighted by molar-refractivity contribution is 6.05. The Kier molecular flexibility index (Phi) is 4.83. The molecule has 0 unspecified atom stereocenters. The average Bonchev–Trinajstić information content (AvgIpc) is 2.97. The van der Waals surface area contributed by atoms with Gasteiger partial charge in [-0.25, -0.2) is 0 Å². The van der Waals surface area contributed by atoms with Crippen LogP contribution in [0, 0.1) is 0 Å². The SMILES string of the molecule is COc1cc(OC)c(OC)cc1/C=C/C(=O)c1ccnn1C. The summed E-state index contributed by atoms with van der Waals surface area (Å²) < 4.78 is 17.3.